The minimum Gasteiger partial charge on any atom is -0.444 e. The summed E-state index contributed by atoms with van der Waals surface area (Å²) in [6.45, 7) is 5.35. The lowest BCUT2D eigenvalue weighted by Crippen LogP contribution is -2.38. The van der Waals surface area contributed by atoms with Crippen LogP contribution in [0.15, 0.2) is 47.4 Å². The Labute approximate surface area is 168 Å². The van der Waals surface area contributed by atoms with E-state index in [1.54, 1.807) is 26.8 Å². The summed E-state index contributed by atoms with van der Waals surface area (Å²) in [5.74, 6) is -0.406. The van der Waals surface area contributed by atoms with Gasteiger partial charge in [0, 0.05) is 24.3 Å². The van der Waals surface area contributed by atoms with E-state index in [0.717, 1.165) is 5.56 Å². The number of likely N-dealkylation sites (N-methyl/N-ethyl adjacent to an activating group) is 1. The zero-order valence-electron chi connectivity index (χ0n) is 16.4. The van der Waals surface area contributed by atoms with E-state index in [1.807, 2.05) is 18.2 Å². The predicted octanol–water partition coefficient (Wildman–Crippen LogP) is 3.36. The minimum atomic E-state index is -0.643. The van der Waals surface area contributed by atoms with Gasteiger partial charge in [-0.1, -0.05) is 29.8 Å². The molecule has 28 heavy (non-hydrogen) atoms. The molecule has 0 fully saturated rings. The van der Waals surface area contributed by atoms with E-state index in [2.05, 4.69) is 5.32 Å². The molecule has 2 rings (SSSR count). The highest BCUT2D eigenvalue weighted by molar-refractivity contribution is 6.31. The quantitative estimate of drug-likeness (QED) is 0.827. The van der Waals surface area contributed by atoms with E-state index < -0.39 is 17.6 Å². The van der Waals surface area contributed by atoms with Gasteiger partial charge in [0.15, 0.2) is 0 Å². The van der Waals surface area contributed by atoms with Gasteiger partial charge in [0.1, 0.15) is 12.1 Å². The molecular weight excluding hydrogens is 382 g/mol. The van der Waals surface area contributed by atoms with Crippen LogP contribution in [0.2, 0.25) is 5.02 Å². The fourth-order valence-electron chi connectivity index (χ4n) is 2.36. The molecule has 0 atom stereocenters. The van der Waals surface area contributed by atoms with Crippen LogP contribution < -0.4 is 10.9 Å². The number of anilines is 1. The highest BCUT2D eigenvalue weighted by atomic mass is 35.5. The standard InChI is InChI=1S/C20H24ClN3O4/c1-20(2,3)28-19(27)23(4)13-17(25)22-15-9-10-18(26)24(12-15)11-14-7-5-6-8-16(14)21/h5-10,12H,11,13H2,1-4H3,(H,22,25). The van der Waals surface area contributed by atoms with Crippen molar-refractivity contribution in [2.75, 3.05) is 18.9 Å². The van der Waals surface area contributed by atoms with Crippen molar-refractivity contribution in [2.45, 2.75) is 32.9 Å². The number of nitrogens with zero attached hydrogens (tertiary/aromatic N) is 2. The van der Waals surface area contributed by atoms with E-state index in [0.29, 0.717) is 10.7 Å². The van der Waals surface area contributed by atoms with Crippen molar-refractivity contribution < 1.29 is 14.3 Å². The maximum atomic E-state index is 12.2. The molecule has 0 aliphatic carbocycles. The zero-order chi connectivity index (χ0) is 20.9. The number of nitrogens with one attached hydrogen (secondary N) is 1. The number of halogens is 1. The van der Waals surface area contributed by atoms with E-state index in [1.165, 1.54) is 34.8 Å². The fourth-order valence-corrected chi connectivity index (χ4v) is 2.55. The summed E-state index contributed by atoms with van der Waals surface area (Å²) >= 11 is 6.15. The second-order valence-electron chi connectivity index (χ2n) is 7.36. The van der Waals surface area contributed by atoms with Crippen LogP contribution in [0.4, 0.5) is 10.5 Å². The van der Waals surface area contributed by atoms with Crippen LogP contribution in [-0.2, 0) is 16.1 Å². The van der Waals surface area contributed by atoms with E-state index >= 15 is 0 Å². The summed E-state index contributed by atoms with van der Waals surface area (Å²) < 4.78 is 6.66. The van der Waals surface area contributed by atoms with E-state index in [9.17, 15) is 14.4 Å². The summed E-state index contributed by atoms with van der Waals surface area (Å²) in [5.41, 5.74) is 0.369. The molecule has 1 aromatic carbocycles. The molecule has 0 saturated carbocycles. The van der Waals surface area contributed by atoms with Crippen molar-refractivity contribution in [1.82, 2.24) is 9.47 Å². The molecule has 1 aromatic heterocycles. The second-order valence-corrected chi connectivity index (χ2v) is 7.77. The lowest BCUT2D eigenvalue weighted by molar-refractivity contribution is -0.117. The van der Waals surface area contributed by atoms with Crippen LogP contribution in [0.3, 0.4) is 0 Å². The smallest absolute Gasteiger partial charge is 0.410 e. The van der Waals surface area contributed by atoms with Crippen molar-refractivity contribution in [1.29, 1.82) is 0 Å². The number of benzene rings is 1. The Hall–Kier alpha value is -2.80. The molecule has 0 spiro atoms. The maximum absolute atomic E-state index is 12.2. The largest absolute Gasteiger partial charge is 0.444 e. The number of hydrogen-bond donors (Lipinski definition) is 1. The molecule has 7 nitrogen and oxygen atoms in total. The third-order valence-electron chi connectivity index (χ3n) is 3.65. The molecule has 0 bridgehead atoms. The second kappa shape index (κ2) is 8.93. The fraction of sp³-hybridized carbons (Fsp3) is 0.350. The zero-order valence-corrected chi connectivity index (χ0v) is 17.1. The van der Waals surface area contributed by atoms with Gasteiger partial charge in [-0.2, -0.15) is 0 Å². The monoisotopic (exact) mass is 405 g/mol. The highest BCUT2D eigenvalue weighted by Gasteiger charge is 2.21. The van der Waals surface area contributed by atoms with Crippen molar-refractivity contribution >= 4 is 29.3 Å². The maximum Gasteiger partial charge on any atom is 0.410 e. The van der Waals surface area contributed by atoms with Gasteiger partial charge in [-0.05, 0) is 38.5 Å². The number of hydrogen-bond acceptors (Lipinski definition) is 4. The van der Waals surface area contributed by atoms with Gasteiger partial charge in [0.25, 0.3) is 5.56 Å². The summed E-state index contributed by atoms with van der Waals surface area (Å²) in [5, 5.41) is 3.24. The Morgan fingerprint density at radius 2 is 1.86 bits per heavy atom. The Morgan fingerprint density at radius 1 is 1.18 bits per heavy atom. The predicted molar refractivity (Wildman–Crippen MR) is 109 cm³/mol. The highest BCUT2D eigenvalue weighted by Crippen LogP contribution is 2.16. The summed E-state index contributed by atoms with van der Waals surface area (Å²) in [4.78, 5) is 37.5. The van der Waals surface area contributed by atoms with Crippen LogP contribution in [-0.4, -0.2) is 40.7 Å². The van der Waals surface area contributed by atoms with Crippen LogP contribution in [0, 0.1) is 0 Å². The Kier molecular flexibility index (Phi) is 6.85. The third-order valence-corrected chi connectivity index (χ3v) is 4.02. The first kappa shape index (κ1) is 21.5. The van der Waals surface area contributed by atoms with Gasteiger partial charge in [0.05, 0.1) is 12.2 Å². The topological polar surface area (TPSA) is 80.6 Å². The molecule has 1 heterocycles. The van der Waals surface area contributed by atoms with Gasteiger partial charge in [-0.25, -0.2) is 4.79 Å². The SMILES string of the molecule is CN(CC(=O)Nc1ccc(=O)n(Cc2ccccc2Cl)c1)C(=O)OC(C)(C)C. The Morgan fingerprint density at radius 3 is 2.50 bits per heavy atom. The first-order valence-corrected chi connectivity index (χ1v) is 9.11. The molecule has 0 aliphatic rings. The molecular formula is C20H24ClN3O4. The summed E-state index contributed by atoms with van der Waals surface area (Å²) in [6.07, 6.45) is 0.947. The normalized spacial score (nSPS) is 11.0. The first-order valence-electron chi connectivity index (χ1n) is 8.73. The molecule has 0 saturated heterocycles. The number of carbonyl (C=O) groups excluding carboxylic acids is 2. The van der Waals surface area contributed by atoms with Gasteiger partial charge < -0.3 is 19.5 Å². The molecule has 0 unspecified atom stereocenters. The van der Waals surface area contributed by atoms with Gasteiger partial charge in [0.2, 0.25) is 5.91 Å². The van der Waals surface area contributed by atoms with Crippen LogP contribution in [0.1, 0.15) is 26.3 Å². The average molecular weight is 406 g/mol. The first-order chi connectivity index (χ1) is 13.0. The van der Waals surface area contributed by atoms with Gasteiger partial charge >= 0.3 is 6.09 Å². The van der Waals surface area contributed by atoms with Gasteiger partial charge in [-0.3, -0.25) is 9.59 Å². The van der Waals surface area contributed by atoms with Crippen molar-refractivity contribution in [3.63, 3.8) is 0 Å². The van der Waals surface area contributed by atoms with Crippen LogP contribution in [0.25, 0.3) is 0 Å². The lowest BCUT2D eigenvalue weighted by Gasteiger charge is -2.24. The number of amides is 2. The molecule has 8 heteroatoms. The number of pyridine rings is 1. The van der Waals surface area contributed by atoms with E-state index in [-0.39, 0.29) is 18.6 Å². The van der Waals surface area contributed by atoms with Gasteiger partial charge in [-0.15, -0.1) is 0 Å². The molecule has 0 radical (unpaired) electrons. The van der Waals surface area contributed by atoms with Crippen molar-refractivity contribution in [2.24, 2.45) is 0 Å². The van der Waals surface area contributed by atoms with E-state index in [4.69, 9.17) is 16.3 Å². The number of ether oxygens (including phenoxy) is 1. The summed E-state index contributed by atoms with van der Waals surface area (Å²) in [6, 6.07) is 10.1. The number of rotatable bonds is 5. The third kappa shape index (κ3) is 6.42. The number of aromatic nitrogens is 1. The minimum absolute atomic E-state index is 0.182. The molecule has 2 aromatic rings. The van der Waals surface area contributed by atoms with Crippen molar-refractivity contribution in [3.8, 4) is 0 Å². The molecule has 2 amide bonds. The average Bonchev–Trinajstić information content (AvgIpc) is 2.58. The van der Waals surface area contributed by atoms with Crippen LogP contribution in [0.5, 0.6) is 0 Å². The summed E-state index contributed by atoms with van der Waals surface area (Å²) in [7, 11) is 1.48. The van der Waals surface area contributed by atoms with Crippen LogP contribution >= 0.6 is 11.6 Å². The van der Waals surface area contributed by atoms with Crippen molar-refractivity contribution in [3.05, 3.63) is 63.5 Å². The number of carbonyl (C=O) groups is 2. The lowest BCUT2D eigenvalue weighted by atomic mass is 10.2. The molecule has 1 N–H and O–H groups in total. The molecule has 0 aliphatic heterocycles. The Bertz CT molecular complexity index is 918. The molecule has 150 valence electrons. The Balaban J connectivity index is 2.04.